The first-order valence-electron chi connectivity index (χ1n) is 7.21. The third-order valence-corrected chi connectivity index (χ3v) is 3.76. The first-order chi connectivity index (χ1) is 11.8. The van der Waals surface area contributed by atoms with Gasteiger partial charge in [-0.15, -0.1) is 0 Å². The molecule has 132 valence electrons. The number of hydrogen-bond donors (Lipinski definition) is 2. The average molecular weight is 383 g/mol. The van der Waals surface area contributed by atoms with Crippen LogP contribution in [-0.4, -0.2) is 42.5 Å². The van der Waals surface area contributed by atoms with Gasteiger partial charge < -0.3 is 20.1 Å². The molecule has 0 aliphatic carbocycles. The Hall–Kier alpha value is -2.44. The van der Waals surface area contributed by atoms with Crippen molar-refractivity contribution in [1.82, 2.24) is 4.90 Å². The van der Waals surface area contributed by atoms with Crippen LogP contribution in [0.15, 0.2) is 36.4 Å². The number of nitrogens with zero attached hydrogens (tertiary/aromatic N) is 1. The molecule has 0 fully saturated rings. The van der Waals surface area contributed by atoms with Gasteiger partial charge in [0, 0.05) is 19.1 Å². The predicted molar refractivity (Wildman–Crippen MR) is 96.7 cm³/mol. The molecule has 0 saturated carbocycles. The molecule has 0 saturated heterocycles. The molecule has 2 N–H and O–H groups in total. The van der Waals surface area contributed by atoms with Crippen LogP contribution in [0.1, 0.15) is 10.4 Å². The molecule has 0 heterocycles. The highest BCUT2D eigenvalue weighted by Crippen LogP contribution is 2.32. The normalized spacial score (nSPS) is 10.2. The Balaban J connectivity index is 2.20. The summed E-state index contributed by atoms with van der Waals surface area (Å²) in [4.78, 5) is 25.5. The predicted octanol–water partition coefficient (Wildman–Crippen LogP) is 3.42. The number of hydrogen-bond acceptors (Lipinski definition) is 4. The Labute approximate surface area is 154 Å². The summed E-state index contributed by atoms with van der Waals surface area (Å²) < 4.78 is 5.45. The zero-order valence-electron chi connectivity index (χ0n) is 13.5. The Bertz CT molecular complexity index is 809. The number of nitrogens with one attached hydrogen (secondary N) is 1. The summed E-state index contributed by atoms with van der Waals surface area (Å²) in [5.41, 5.74) is 0.270. The van der Waals surface area contributed by atoms with Crippen molar-refractivity contribution in [2.45, 2.75) is 0 Å². The van der Waals surface area contributed by atoms with Gasteiger partial charge in [-0.2, -0.15) is 0 Å². The number of carbonyl (C=O) groups is 2. The number of aromatic hydroxyl groups is 1. The smallest absolute Gasteiger partial charge is 0.259 e. The van der Waals surface area contributed by atoms with E-state index in [1.54, 1.807) is 38.4 Å². The van der Waals surface area contributed by atoms with Crippen LogP contribution in [0, 0.1) is 0 Å². The summed E-state index contributed by atoms with van der Waals surface area (Å²) in [5, 5.41) is 12.7. The number of halogens is 2. The molecule has 2 aromatic carbocycles. The van der Waals surface area contributed by atoms with Crippen molar-refractivity contribution in [3.8, 4) is 11.5 Å². The first-order valence-corrected chi connectivity index (χ1v) is 7.96. The van der Waals surface area contributed by atoms with Crippen LogP contribution in [0.25, 0.3) is 0 Å². The fourth-order valence-corrected chi connectivity index (χ4v) is 2.39. The number of anilines is 1. The number of likely N-dealkylation sites (N-methyl/N-ethyl adjacent to an activating group) is 1. The van der Waals surface area contributed by atoms with E-state index in [0.717, 1.165) is 0 Å². The summed E-state index contributed by atoms with van der Waals surface area (Å²) in [6.07, 6.45) is 0. The van der Waals surface area contributed by atoms with Crippen LogP contribution in [0.3, 0.4) is 0 Å². The molecule has 2 amide bonds. The molecule has 6 nitrogen and oxygen atoms in total. The van der Waals surface area contributed by atoms with E-state index in [-0.39, 0.29) is 33.9 Å². The molecule has 8 heteroatoms. The zero-order chi connectivity index (χ0) is 18.6. The minimum absolute atomic E-state index is 0.0289. The van der Waals surface area contributed by atoms with Gasteiger partial charge in [-0.25, -0.2) is 0 Å². The van der Waals surface area contributed by atoms with E-state index in [1.165, 1.54) is 17.0 Å². The highest BCUT2D eigenvalue weighted by molar-refractivity contribution is 6.36. The minimum Gasteiger partial charge on any atom is -0.506 e. The molecule has 0 aliphatic heterocycles. The van der Waals surface area contributed by atoms with E-state index in [9.17, 15) is 14.7 Å². The topological polar surface area (TPSA) is 78.9 Å². The Morgan fingerprint density at radius 3 is 2.56 bits per heavy atom. The van der Waals surface area contributed by atoms with Crippen LogP contribution < -0.4 is 10.1 Å². The van der Waals surface area contributed by atoms with Gasteiger partial charge in [-0.05, 0) is 24.3 Å². The van der Waals surface area contributed by atoms with E-state index in [4.69, 9.17) is 27.9 Å². The van der Waals surface area contributed by atoms with E-state index in [0.29, 0.717) is 11.4 Å². The van der Waals surface area contributed by atoms with Crippen molar-refractivity contribution in [2.75, 3.05) is 26.0 Å². The Morgan fingerprint density at radius 2 is 1.88 bits per heavy atom. The summed E-state index contributed by atoms with van der Waals surface area (Å²) in [5.74, 6) is -0.888. The van der Waals surface area contributed by atoms with Gasteiger partial charge in [0.25, 0.3) is 11.8 Å². The Morgan fingerprint density at radius 1 is 1.20 bits per heavy atom. The molecule has 0 radical (unpaired) electrons. The molecule has 2 aromatic rings. The number of ether oxygens (including phenoxy) is 1. The maximum Gasteiger partial charge on any atom is 0.259 e. The van der Waals surface area contributed by atoms with Gasteiger partial charge in [0.15, 0.2) is 6.61 Å². The molecule has 0 unspecified atom stereocenters. The number of amides is 2. The zero-order valence-corrected chi connectivity index (χ0v) is 15.1. The van der Waals surface area contributed by atoms with E-state index >= 15 is 0 Å². The van der Waals surface area contributed by atoms with Crippen LogP contribution >= 0.6 is 23.2 Å². The van der Waals surface area contributed by atoms with Crippen LogP contribution in [-0.2, 0) is 4.79 Å². The lowest BCUT2D eigenvalue weighted by molar-refractivity contribution is -0.130. The number of phenolic OH excluding ortho intramolecular Hbond substituents is 1. The van der Waals surface area contributed by atoms with Gasteiger partial charge in [0.1, 0.15) is 11.5 Å². The minimum atomic E-state index is -0.614. The van der Waals surface area contributed by atoms with Crippen LogP contribution in [0.5, 0.6) is 11.5 Å². The maximum absolute atomic E-state index is 12.4. The highest BCUT2D eigenvalue weighted by atomic mass is 35.5. The fraction of sp³-hybridized carbons (Fsp3) is 0.176. The second-order valence-electron chi connectivity index (χ2n) is 5.31. The lowest BCUT2D eigenvalue weighted by Crippen LogP contribution is -2.27. The number of para-hydroxylation sites is 2. The van der Waals surface area contributed by atoms with Gasteiger partial charge in [-0.3, -0.25) is 9.59 Å². The number of rotatable bonds is 5. The standard InChI is InChI=1S/C17H16Cl2N2O4/c1-21(2)15(22)9-25-14-6-4-3-5-13(14)20-17(24)11-7-10(18)8-12(19)16(11)23/h3-8,23H,9H2,1-2H3,(H,20,24). The van der Waals surface area contributed by atoms with Gasteiger partial charge in [-0.1, -0.05) is 35.3 Å². The third-order valence-electron chi connectivity index (χ3n) is 3.26. The quantitative estimate of drug-likeness (QED) is 0.830. The van der Waals surface area contributed by atoms with Crippen molar-refractivity contribution in [3.63, 3.8) is 0 Å². The van der Waals surface area contributed by atoms with Crippen molar-refractivity contribution in [2.24, 2.45) is 0 Å². The van der Waals surface area contributed by atoms with E-state index < -0.39 is 5.91 Å². The van der Waals surface area contributed by atoms with Gasteiger partial charge in [0.05, 0.1) is 16.3 Å². The largest absolute Gasteiger partial charge is 0.506 e. The first kappa shape index (κ1) is 18.9. The number of carbonyl (C=O) groups excluding carboxylic acids is 2. The SMILES string of the molecule is CN(C)C(=O)COc1ccccc1NC(=O)c1cc(Cl)cc(Cl)c1O. The summed E-state index contributed by atoms with van der Waals surface area (Å²) >= 11 is 11.7. The van der Waals surface area contributed by atoms with Crippen molar-refractivity contribution < 1.29 is 19.4 Å². The summed E-state index contributed by atoms with van der Waals surface area (Å²) in [6, 6.07) is 9.26. The third kappa shape index (κ3) is 4.78. The van der Waals surface area contributed by atoms with Gasteiger partial charge in [0.2, 0.25) is 0 Å². The Kier molecular flexibility index (Phi) is 6.12. The fourth-order valence-electron chi connectivity index (χ4n) is 1.89. The lowest BCUT2D eigenvalue weighted by Gasteiger charge is -2.15. The molecule has 0 spiro atoms. The van der Waals surface area contributed by atoms with Gasteiger partial charge >= 0.3 is 0 Å². The highest BCUT2D eigenvalue weighted by Gasteiger charge is 2.17. The van der Waals surface area contributed by atoms with E-state index in [1.807, 2.05) is 0 Å². The molecule has 0 atom stereocenters. The number of benzene rings is 2. The summed E-state index contributed by atoms with van der Waals surface area (Å²) in [6.45, 7) is -0.172. The molecule has 0 aromatic heterocycles. The number of phenols is 1. The molecule has 0 bridgehead atoms. The van der Waals surface area contributed by atoms with Crippen LogP contribution in [0.2, 0.25) is 10.0 Å². The molecule has 0 aliphatic rings. The van der Waals surface area contributed by atoms with Crippen molar-refractivity contribution in [1.29, 1.82) is 0 Å². The average Bonchev–Trinajstić information content (AvgIpc) is 2.56. The monoisotopic (exact) mass is 382 g/mol. The van der Waals surface area contributed by atoms with Crippen molar-refractivity contribution in [3.05, 3.63) is 52.0 Å². The molecular formula is C17H16Cl2N2O4. The van der Waals surface area contributed by atoms with Crippen LogP contribution in [0.4, 0.5) is 5.69 Å². The van der Waals surface area contributed by atoms with E-state index in [2.05, 4.69) is 5.32 Å². The molecule has 2 rings (SSSR count). The second kappa shape index (κ2) is 8.09. The lowest BCUT2D eigenvalue weighted by atomic mass is 10.1. The maximum atomic E-state index is 12.4. The van der Waals surface area contributed by atoms with Crippen molar-refractivity contribution >= 4 is 40.7 Å². The molecule has 25 heavy (non-hydrogen) atoms. The second-order valence-corrected chi connectivity index (χ2v) is 6.15. The molecular weight excluding hydrogens is 367 g/mol. The summed E-state index contributed by atoms with van der Waals surface area (Å²) in [7, 11) is 3.23.